The summed E-state index contributed by atoms with van der Waals surface area (Å²) in [6.07, 6.45) is -15.0. The molecule has 0 aliphatic rings. The largest absolute Gasteiger partial charge is 0.417 e. The van der Waals surface area contributed by atoms with Crippen LogP contribution < -0.4 is 0 Å². The summed E-state index contributed by atoms with van der Waals surface area (Å²) in [6, 6.07) is 8.07. The minimum Gasteiger partial charge on any atom is -0.166 e. The van der Waals surface area contributed by atoms with E-state index in [1.807, 2.05) is 0 Å². The molecule has 3 aromatic carbocycles. The molecule has 0 spiro atoms. The quantitative estimate of drug-likeness (QED) is 0.324. The van der Waals surface area contributed by atoms with Gasteiger partial charge in [-0.2, -0.15) is 39.5 Å². The molecule has 0 radical (unpaired) electrons. The first-order chi connectivity index (χ1) is 15.0. The van der Waals surface area contributed by atoms with Crippen LogP contribution in [0.25, 0.3) is 22.3 Å². The van der Waals surface area contributed by atoms with E-state index in [1.165, 1.54) is 32.0 Å². The Kier molecular flexibility index (Phi) is 6.06. The first kappa shape index (κ1) is 24.7. The summed E-state index contributed by atoms with van der Waals surface area (Å²) >= 11 is 0. The fourth-order valence-electron chi connectivity index (χ4n) is 3.96. The van der Waals surface area contributed by atoms with Crippen LogP contribution in [0.3, 0.4) is 0 Å². The van der Waals surface area contributed by atoms with Crippen molar-refractivity contribution in [1.82, 2.24) is 0 Å². The summed E-state index contributed by atoms with van der Waals surface area (Å²) in [5.41, 5.74) is -6.17. The van der Waals surface area contributed by atoms with Gasteiger partial charge in [0.05, 0.1) is 16.7 Å². The lowest BCUT2D eigenvalue weighted by molar-refractivity contribution is -0.142. The molecule has 0 nitrogen and oxygen atoms in total. The van der Waals surface area contributed by atoms with Gasteiger partial charge in [-0.05, 0) is 72.4 Å². The molecule has 0 aliphatic heterocycles. The van der Waals surface area contributed by atoms with Crippen LogP contribution in [0.4, 0.5) is 39.5 Å². The summed E-state index contributed by atoms with van der Waals surface area (Å²) in [4.78, 5) is 0. The molecule has 176 valence electrons. The Morgan fingerprint density at radius 2 is 0.939 bits per heavy atom. The van der Waals surface area contributed by atoms with Crippen LogP contribution in [-0.2, 0) is 18.5 Å². The molecular formula is C24H17F9. The zero-order valence-corrected chi connectivity index (χ0v) is 17.5. The van der Waals surface area contributed by atoms with E-state index in [1.54, 1.807) is 0 Å². The smallest absolute Gasteiger partial charge is 0.166 e. The van der Waals surface area contributed by atoms with Crippen molar-refractivity contribution in [2.24, 2.45) is 0 Å². The summed E-state index contributed by atoms with van der Waals surface area (Å²) in [5, 5.41) is 0. The molecule has 0 atom stereocenters. The summed E-state index contributed by atoms with van der Waals surface area (Å²) < 4.78 is 124. The molecule has 3 rings (SSSR count). The molecule has 0 bridgehead atoms. The number of halogens is 9. The Morgan fingerprint density at radius 1 is 0.515 bits per heavy atom. The topological polar surface area (TPSA) is 0 Å². The summed E-state index contributed by atoms with van der Waals surface area (Å²) in [5.74, 6) is 0. The van der Waals surface area contributed by atoms with Crippen LogP contribution in [0.2, 0.25) is 0 Å². The van der Waals surface area contributed by atoms with E-state index in [4.69, 9.17) is 0 Å². The van der Waals surface area contributed by atoms with Gasteiger partial charge < -0.3 is 0 Å². The molecule has 3 aromatic rings. The van der Waals surface area contributed by atoms with E-state index < -0.39 is 46.3 Å². The first-order valence-electron chi connectivity index (χ1n) is 9.59. The highest BCUT2D eigenvalue weighted by atomic mass is 19.4. The van der Waals surface area contributed by atoms with Gasteiger partial charge in [0.15, 0.2) is 0 Å². The van der Waals surface area contributed by atoms with Crippen LogP contribution in [-0.4, -0.2) is 0 Å². The van der Waals surface area contributed by atoms with E-state index in [0.717, 1.165) is 25.1 Å². The second-order valence-corrected chi connectivity index (χ2v) is 7.70. The van der Waals surface area contributed by atoms with Crippen molar-refractivity contribution in [3.8, 4) is 22.3 Å². The van der Waals surface area contributed by atoms with Crippen molar-refractivity contribution >= 4 is 0 Å². The summed E-state index contributed by atoms with van der Waals surface area (Å²) in [6.45, 7) is 3.72. The van der Waals surface area contributed by atoms with Crippen molar-refractivity contribution in [1.29, 1.82) is 0 Å². The van der Waals surface area contributed by atoms with Crippen molar-refractivity contribution in [2.75, 3.05) is 0 Å². The van der Waals surface area contributed by atoms with Gasteiger partial charge in [-0.1, -0.05) is 30.3 Å². The van der Waals surface area contributed by atoms with Gasteiger partial charge in [0.2, 0.25) is 0 Å². The molecule has 0 aromatic heterocycles. The molecule has 9 heteroatoms. The molecule has 0 aliphatic carbocycles. The third kappa shape index (κ3) is 4.72. The Labute approximate surface area is 183 Å². The van der Waals surface area contributed by atoms with Crippen molar-refractivity contribution in [3.63, 3.8) is 0 Å². The average molecular weight is 476 g/mol. The molecule has 0 unspecified atom stereocenters. The number of rotatable bonds is 2. The SMILES string of the molecule is Cc1cc(C(F)(F)F)c(-c2cccc(-c3c(C)cccc3C(F)(F)F)c2C)c(C(F)(F)F)c1. The highest BCUT2D eigenvalue weighted by molar-refractivity contribution is 5.84. The monoisotopic (exact) mass is 476 g/mol. The van der Waals surface area contributed by atoms with Crippen molar-refractivity contribution in [2.45, 2.75) is 39.3 Å². The molecule has 0 N–H and O–H groups in total. The second kappa shape index (κ2) is 8.11. The lowest BCUT2D eigenvalue weighted by Gasteiger charge is -2.23. The van der Waals surface area contributed by atoms with E-state index in [-0.39, 0.29) is 27.8 Å². The molecule has 0 saturated heterocycles. The minimum absolute atomic E-state index is 0.0975. The lowest BCUT2D eigenvalue weighted by atomic mass is 9.84. The molecule has 0 fully saturated rings. The van der Waals surface area contributed by atoms with Crippen LogP contribution in [0, 0.1) is 20.8 Å². The number of aryl methyl sites for hydroxylation is 2. The Bertz CT molecular complexity index is 1160. The number of benzene rings is 3. The van der Waals surface area contributed by atoms with E-state index in [9.17, 15) is 39.5 Å². The third-order valence-electron chi connectivity index (χ3n) is 5.34. The van der Waals surface area contributed by atoms with Crippen LogP contribution in [0.15, 0.2) is 48.5 Å². The van der Waals surface area contributed by atoms with Gasteiger partial charge in [-0.15, -0.1) is 0 Å². The van der Waals surface area contributed by atoms with E-state index in [2.05, 4.69) is 0 Å². The van der Waals surface area contributed by atoms with Gasteiger partial charge in [-0.3, -0.25) is 0 Å². The summed E-state index contributed by atoms with van der Waals surface area (Å²) in [7, 11) is 0. The molecular weight excluding hydrogens is 459 g/mol. The van der Waals surface area contributed by atoms with Gasteiger partial charge in [0, 0.05) is 5.56 Å². The zero-order chi connectivity index (χ0) is 24.9. The van der Waals surface area contributed by atoms with Gasteiger partial charge >= 0.3 is 18.5 Å². The van der Waals surface area contributed by atoms with Crippen molar-refractivity contribution < 1.29 is 39.5 Å². The molecule has 33 heavy (non-hydrogen) atoms. The number of hydrogen-bond acceptors (Lipinski definition) is 0. The Morgan fingerprint density at radius 3 is 1.39 bits per heavy atom. The fraction of sp³-hybridized carbons (Fsp3) is 0.250. The van der Waals surface area contributed by atoms with E-state index >= 15 is 0 Å². The maximum Gasteiger partial charge on any atom is 0.417 e. The Balaban J connectivity index is 2.45. The first-order valence-corrected chi connectivity index (χ1v) is 9.59. The highest BCUT2D eigenvalue weighted by Gasteiger charge is 2.42. The zero-order valence-electron chi connectivity index (χ0n) is 17.5. The van der Waals surface area contributed by atoms with Crippen LogP contribution in [0.5, 0.6) is 0 Å². The maximum absolute atomic E-state index is 13.8. The third-order valence-corrected chi connectivity index (χ3v) is 5.34. The number of alkyl halides is 9. The highest BCUT2D eigenvalue weighted by Crippen LogP contribution is 2.48. The fourth-order valence-corrected chi connectivity index (χ4v) is 3.96. The molecule has 0 saturated carbocycles. The predicted octanol–water partition coefficient (Wildman–Crippen LogP) is 9.00. The predicted molar refractivity (Wildman–Crippen MR) is 107 cm³/mol. The number of hydrogen-bond donors (Lipinski definition) is 0. The molecule has 0 heterocycles. The van der Waals surface area contributed by atoms with Crippen LogP contribution >= 0.6 is 0 Å². The Hall–Kier alpha value is -2.97. The van der Waals surface area contributed by atoms with Gasteiger partial charge in [-0.25, -0.2) is 0 Å². The van der Waals surface area contributed by atoms with E-state index in [0.29, 0.717) is 12.1 Å². The normalized spacial score (nSPS) is 12.8. The molecule has 0 amide bonds. The lowest BCUT2D eigenvalue weighted by Crippen LogP contribution is -2.15. The van der Waals surface area contributed by atoms with Gasteiger partial charge in [0.1, 0.15) is 0 Å². The van der Waals surface area contributed by atoms with Crippen molar-refractivity contribution in [3.05, 3.63) is 81.9 Å². The minimum atomic E-state index is -5.12. The van der Waals surface area contributed by atoms with Crippen LogP contribution in [0.1, 0.15) is 33.4 Å². The van der Waals surface area contributed by atoms with Gasteiger partial charge in [0.25, 0.3) is 0 Å². The maximum atomic E-state index is 13.8. The standard InChI is InChI=1S/C24H17F9/c1-12-10-18(23(28,29)30)21(19(11-12)24(31,32)33)16-8-5-7-15(14(16)3)20-13(2)6-4-9-17(20)22(25,26)27/h4-11H,1-3H3. The second-order valence-electron chi connectivity index (χ2n) is 7.70. The average Bonchev–Trinajstić information content (AvgIpc) is 2.66.